The van der Waals surface area contributed by atoms with E-state index < -0.39 is 10.0 Å². The zero-order valence-corrected chi connectivity index (χ0v) is 15.4. The van der Waals surface area contributed by atoms with Crippen molar-refractivity contribution in [3.05, 3.63) is 21.1 Å². The predicted molar refractivity (Wildman–Crippen MR) is 84.4 cm³/mol. The minimum Gasteiger partial charge on any atom is -0.491 e. The number of methoxy groups -OCH3 is 1. The van der Waals surface area contributed by atoms with Gasteiger partial charge in [-0.15, -0.1) is 0 Å². The lowest BCUT2D eigenvalue weighted by Gasteiger charge is -2.23. The summed E-state index contributed by atoms with van der Waals surface area (Å²) in [6, 6.07) is 2.83. The number of halogens is 2. The molecule has 0 spiro atoms. The third-order valence-electron chi connectivity index (χ3n) is 2.80. The van der Waals surface area contributed by atoms with Crippen molar-refractivity contribution in [2.45, 2.75) is 30.8 Å². The number of ether oxygens (including phenoxy) is 2. The minimum atomic E-state index is -3.75. The molecule has 20 heavy (non-hydrogen) atoms. The number of sulfonamides is 1. The first kappa shape index (κ1) is 17.9. The van der Waals surface area contributed by atoms with Gasteiger partial charge >= 0.3 is 0 Å². The van der Waals surface area contributed by atoms with Crippen LogP contribution in [0.15, 0.2) is 26.0 Å². The van der Waals surface area contributed by atoms with Crippen molar-refractivity contribution in [3.8, 4) is 5.75 Å². The van der Waals surface area contributed by atoms with E-state index in [0.29, 0.717) is 27.7 Å². The number of hydrogen-bond acceptors (Lipinski definition) is 4. The molecule has 0 saturated heterocycles. The Kier molecular flexibility index (Phi) is 6.03. The first-order valence-corrected chi connectivity index (χ1v) is 8.90. The molecule has 0 radical (unpaired) electrons. The van der Waals surface area contributed by atoms with Gasteiger partial charge in [0, 0.05) is 13.5 Å². The topological polar surface area (TPSA) is 78.6 Å². The molecule has 0 fully saturated rings. The van der Waals surface area contributed by atoms with Gasteiger partial charge in [-0.1, -0.05) is 0 Å². The van der Waals surface area contributed by atoms with E-state index in [2.05, 4.69) is 31.9 Å². The Labute approximate surface area is 136 Å². The summed E-state index contributed by atoms with van der Waals surface area (Å²) < 4.78 is 34.6. The molecule has 0 aliphatic carbocycles. The first-order valence-electron chi connectivity index (χ1n) is 5.76. The van der Waals surface area contributed by atoms with Crippen LogP contribution in [-0.2, 0) is 14.8 Å². The van der Waals surface area contributed by atoms with E-state index in [4.69, 9.17) is 14.6 Å². The van der Waals surface area contributed by atoms with Gasteiger partial charge in [-0.05, 0) is 57.8 Å². The van der Waals surface area contributed by atoms with Gasteiger partial charge in [0.05, 0.1) is 26.0 Å². The second-order valence-corrected chi connectivity index (χ2v) is 8.09. The lowest BCUT2D eigenvalue weighted by atomic mass is 10.1. The normalized spacial score (nSPS) is 12.5. The lowest BCUT2D eigenvalue weighted by molar-refractivity contribution is 0.00533. The number of benzene rings is 1. The molecule has 0 amide bonds. The summed E-state index contributed by atoms with van der Waals surface area (Å²) >= 11 is 6.56. The second-order valence-electron chi connectivity index (χ2n) is 4.82. The van der Waals surface area contributed by atoms with Crippen molar-refractivity contribution >= 4 is 41.9 Å². The largest absolute Gasteiger partial charge is 0.491 e. The summed E-state index contributed by atoms with van der Waals surface area (Å²) in [4.78, 5) is 0.0146. The Morgan fingerprint density at radius 2 is 1.75 bits per heavy atom. The van der Waals surface area contributed by atoms with E-state index in [-0.39, 0.29) is 10.5 Å². The number of rotatable bonds is 6. The van der Waals surface area contributed by atoms with Gasteiger partial charge in [0.2, 0.25) is 10.0 Å². The zero-order chi connectivity index (χ0) is 15.6. The molecule has 0 atom stereocenters. The number of hydrogen-bond donors (Lipinski definition) is 1. The van der Waals surface area contributed by atoms with Crippen LogP contribution in [0.3, 0.4) is 0 Å². The maximum Gasteiger partial charge on any atom is 0.238 e. The summed E-state index contributed by atoms with van der Waals surface area (Å²) in [5.41, 5.74) is -0.278. The molecule has 0 saturated carbocycles. The Morgan fingerprint density at radius 1 is 1.25 bits per heavy atom. The van der Waals surface area contributed by atoms with Gasteiger partial charge in [0.25, 0.3) is 0 Å². The Hall–Kier alpha value is -0.150. The maximum absolute atomic E-state index is 11.3. The fourth-order valence-corrected chi connectivity index (χ4v) is 3.62. The van der Waals surface area contributed by atoms with E-state index >= 15 is 0 Å². The fraction of sp³-hybridized carbons (Fsp3) is 0.500. The van der Waals surface area contributed by atoms with Crippen LogP contribution in [0.5, 0.6) is 5.75 Å². The maximum atomic E-state index is 11.3. The van der Waals surface area contributed by atoms with E-state index in [1.807, 2.05) is 13.8 Å². The van der Waals surface area contributed by atoms with Crippen molar-refractivity contribution in [2.24, 2.45) is 5.14 Å². The quantitative estimate of drug-likeness (QED) is 0.752. The highest BCUT2D eigenvalue weighted by molar-refractivity contribution is 9.11. The van der Waals surface area contributed by atoms with Gasteiger partial charge in [-0.2, -0.15) is 0 Å². The van der Waals surface area contributed by atoms with E-state index in [0.717, 1.165) is 0 Å². The Bertz CT molecular complexity index is 564. The molecule has 8 heteroatoms. The van der Waals surface area contributed by atoms with Crippen molar-refractivity contribution in [1.29, 1.82) is 0 Å². The highest BCUT2D eigenvalue weighted by Crippen LogP contribution is 2.36. The number of nitrogens with two attached hydrogens (primary N) is 1. The second kappa shape index (κ2) is 6.74. The molecule has 114 valence electrons. The smallest absolute Gasteiger partial charge is 0.238 e. The summed E-state index contributed by atoms with van der Waals surface area (Å²) in [5.74, 6) is 0.532. The molecule has 0 aliphatic heterocycles. The average molecular weight is 431 g/mol. The van der Waals surface area contributed by atoms with Crippen LogP contribution in [-0.4, -0.2) is 27.7 Å². The summed E-state index contributed by atoms with van der Waals surface area (Å²) in [5, 5.41) is 5.09. The van der Waals surface area contributed by atoms with Crippen LogP contribution < -0.4 is 9.88 Å². The molecule has 0 heterocycles. The fourth-order valence-electron chi connectivity index (χ4n) is 1.34. The van der Waals surface area contributed by atoms with Crippen LogP contribution in [0.2, 0.25) is 0 Å². The molecule has 0 bridgehead atoms. The molecule has 1 rings (SSSR count). The SMILES string of the molecule is COC(C)(C)CCOc1c(Br)cc(S(N)(=O)=O)cc1Br. The summed E-state index contributed by atoms with van der Waals surface area (Å²) in [6.45, 7) is 4.36. The first-order chi connectivity index (χ1) is 9.07. The van der Waals surface area contributed by atoms with Gasteiger partial charge in [-0.3, -0.25) is 0 Å². The van der Waals surface area contributed by atoms with Crippen molar-refractivity contribution in [2.75, 3.05) is 13.7 Å². The molecule has 0 aromatic heterocycles. The predicted octanol–water partition coefficient (Wildman–Crippen LogP) is 3.05. The van der Waals surface area contributed by atoms with E-state index in [1.165, 1.54) is 12.1 Å². The molecule has 1 aromatic rings. The van der Waals surface area contributed by atoms with Crippen LogP contribution in [0, 0.1) is 0 Å². The van der Waals surface area contributed by atoms with Gasteiger partial charge in [-0.25, -0.2) is 13.6 Å². The molecule has 2 N–H and O–H groups in total. The molecule has 0 aliphatic rings. The number of primary sulfonamides is 1. The zero-order valence-electron chi connectivity index (χ0n) is 11.4. The van der Waals surface area contributed by atoms with E-state index in [9.17, 15) is 8.42 Å². The Balaban J connectivity index is 2.88. The molecular formula is C12H17Br2NO4S. The lowest BCUT2D eigenvalue weighted by Crippen LogP contribution is -2.25. The molecule has 1 aromatic carbocycles. The van der Waals surface area contributed by atoms with Crippen molar-refractivity contribution in [3.63, 3.8) is 0 Å². The summed E-state index contributed by atoms with van der Waals surface area (Å²) in [7, 11) is -2.10. The van der Waals surface area contributed by atoms with Crippen LogP contribution in [0.25, 0.3) is 0 Å². The standard InChI is InChI=1S/C12H17Br2NO4S/c1-12(2,18-3)4-5-19-11-9(13)6-8(7-10(11)14)20(15,16)17/h6-7H,4-5H2,1-3H3,(H2,15,16,17). The van der Waals surface area contributed by atoms with Crippen LogP contribution in [0.4, 0.5) is 0 Å². The van der Waals surface area contributed by atoms with E-state index in [1.54, 1.807) is 7.11 Å². The molecule has 5 nitrogen and oxygen atoms in total. The highest BCUT2D eigenvalue weighted by Gasteiger charge is 2.18. The van der Waals surface area contributed by atoms with Crippen molar-refractivity contribution in [1.82, 2.24) is 0 Å². The van der Waals surface area contributed by atoms with Gasteiger partial charge < -0.3 is 9.47 Å². The molecule has 0 unspecified atom stereocenters. The van der Waals surface area contributed by atoms with Crippen molar-refractivity contribution < 1.29 is 17.9 Å². The Morgan fingerprint density at radius 3 is 2.15 bits per heavy atom. The minimum absolute atomic E-state index is 0.0146. The summed E-state index contributed by atoms with van der Waals surface area (Å²) in [6.07, 6.45) is 0.694. The third-order valence-corrected chi connectivity index (χ3v) is 4.87. The highest BCUT2D eigenvalue weighted by atomic mass is 79.9. The van der Waals surface area contributed by atoms with Crippen LogP contribution >= 0.6 is 31.9 Å². The monoisotopic (exact) mass is 429 g/mol. The van der Waals surface area contributed by atoms with Crippen LogP contribution in [0.1, 0.15) is 20.3 Å². The van der Waals surface area contributed by atoms with Gasteiger partial charge in [0.1, 0.15) is 5.75 Å². The van der Waals surface area contributed by atoms with Gasteiger partial charge in [0.15, 0.2) is 0 Å². The third kappa shape index (κ3) is 5.00. The average Bonchev–Trinajstić information content (AvgIpc) is 2.31. The molecular weight excluding hydrogens is 414 g/mol.